The molecule has 0 aliphatic carbocycles. The molecule has 20 heteroatoms. The molecule has 127 heavy (non-hydrogen) atoms. The van der Waals surface area contributed by atoms with Gasteiger partial charge in [-0.3, -0.25) is 55.7 Å². The molecule has 0 spiro atoms. The third-order valence-electron chi connectivity index (χ3n) is 20.9. The van der Waals surface area contributed by atoms with E-state index in [9.17, 15) is 0 Å². The number of imidazole rings is 2. The van der Waals surface area contributed by atoms with E-state index in [0.29, 0.717) is 52.2 Å². The van der Waals surface area contributed by atoms with Crippen molar-refractivity contribution in [3.05, 3.63) is 421 Å². The Morgan fingerprint density at radius 2 is 0.795 bits per heavy atom. The molecule has 0 aliphatic rings. The summed E-state index contributed by atoms with van der Waals surface area (Å²) in [5, 5.41) is 3.05. The average molecular weight is 2260 g/mol. The van der Waals surface area contributed by atoms with Gasteiger partial charge in [0.25, 0.3) is 5.88 Å². The zero-order valence-electron chi connectivity index (χ0n) is 71.7. The van der Waals surface area contributed by atoms with Gasteiger partial charge in [-0.2, -0.15) is 0 Å². The average Bonchev–Trinajstić information content (AvgIpc) is 1.52. The maximum atomic E-state index is 6.82. The molecule has 14 nitrogen and oxygen atoms in total. The molecule has 4 heterocycles. The Morgan fingerprint density at radius 3 is 1.30 bits per heavy atom. The summed E-state index contributed by atoms with van der Waals surface area (Å²) in [6.45, 7) is 21.5. The van der Waals surface area contributed by atoms with Crippen LogP contribution < -0.4 is 40.7 Å². The van der Waals surface area contributed by atoms with E-state index in [1.165, 1.54) is 33.5 Å². The third-order valence-corrected chi connectivity index (χ3v) is 24.4. The van der Waals surface area contributed by atoms with Gasteiger partial charge in [0.05, 0.1) is 17.2 Å². The maximum absolute atomic E-state index is 6.82. The number of nitrogens with zero attached hydrogens (tertiary/aromatic N) is 5. The first kappa shape index (κ1) is 92.7. The molecule has 0 atom stereocenters. The van der Waals surface area contributed by atoms with E-state index in [0.717, 1.165) is 112 Å². The van der Waals surface area contributed by atoms with Gasteiger partial charge in [-0.15, -0.1) is 59.7 Å². The molecule has 0 amide bonds. The van der Waals surface area contributed by atoms with Crippen molar-refractivity contribution in [2.45, 2.75) is 81.1 Å². The van der Waals surface area contributed by atoms with Crippen LogP contribution in [0, 0.1) is 59.7 Å². The number of rotatable bonds is 26. The Hall–Kier alpha value is -12.0. The van der Waals surface area contributed by atoms with Crippen molar-refractivity contribution in [1.29, 1.82) is 0 Å². The molecule has 18 aromatic rings. The van der Waals surface area contributed by atoms with Crippen molar-refractivity contribution in [2.75, 3.05) is 0 Å². The standard InChI is InChI=1S/C49H49N2O3P.C35H27N2O3P.C23H18NO3P.3Os/c1-32(2)44-23-16-24-45(33(3)4)46(44)51-26-25-50-49(51)40-21-15-22-43(31-40)52-55(53-47-34(5)27-41(28-35(47)6)38-17-11-9-12-18-38)54-48-36(7)29-42(30-37(48)8)39-19-13-10-14-20-39;1-24-12-11-13-25(2)34(24)33-23-36-35-31-22-28(20-21-29(31)30-18-9-10-19-32(30)37(33)35)40-41(38-26-14-5-3-6-15-26)39-27-16-7-4-8-17-27;1-4-11-19(12-5-1)22-17-10-18-23(24-22)27-28(25-20-13-6-2-7-14-20)26-21-15-8-3-9-16-21;;;/h9-30,32-33,55H,1-8H3;3-21,23,41H,1-2H3;1-11,13-18,28H;;;/q;;;3*+1. The zero-order chi connectivity index (χ0) is 85.4. The summed E-state index contributed by atoms with van der Waals surface area (Å²) in [5.41, 5.74) is 21.4. The van der Waals surface area contributed by atoms with Crippen LogP contribution in [0.5, 0.6) is 51.9 Å². The summed E-state index contributed by atoms with van der Waals surface area (Å²) in [5.74, 6) is 7.19. The molecular weight excluding hydrogens is 2160 g/mol. The third kappa shape index (κ3) is 22.7. The minimum Gasteiger partial charge on any atom is -0.340 e. The largest absolute Gasteiger partial charge is 1.00 e. The number of hydrogen-bond donors (Lipinski definition) is 0. The summed E-state index contributed by atoms with van der Waals surface area (Å²) < 4.78 is 61.6. The van der Waals surface area contributed by atoms with E-state index in [-0.39, 0.29) is 59.4 Å². The summed E-state index contributed by atoms with van der Waals surface area (Å²) in [4.78, 5) is 14.4. The fraction of sp³-hybridized carbons (Fsp3) is 0.112. The van der Waals surface area contributed by atoms with Gasteiger partial charge in [-0.1, -0.05) is 263 Å². The molecule has 0 N–H and O–H groups in total. The van der Waals surface area contributed by atoms with E-state index in [4.69, 9.17) is 50.7 Å². The van der Waals surface area contributed by atoms with Crippen molar-refractivity contribution in [3.8, 4) is 114 Å². The quantitative estimate of drug-likeness (QED) is 0.0290. The Morgan fingerprint density at radius 1 is 0.354 bits per heavy atom. The number of pyridine rings is 2. The zero-order valence-corrected chi connectivity index (χ0v) is 82.3. The second-order valence-electron chi connectivity index (χ2n) is 30.5. The van der Waals surface area contributed by atoms with Crippen molar-refractivity contribution in [1.82, 2.24) is 23.9 Å². The number of aryl methyl sites for hydroxylation is 6. The first-order valence-corrected chi connectivity index (χ1v) is 45.0. The minimum absolute atomic E-state index is 0. The Bertz CT molecular complexity index is 6400. The van der Waals surface area contributed by atoms with E-state index < -0.39 is 25.8 Å². The molecule has 4 aromatic heterocycles. The van der Waals surface area contributed by atoms with Crippen molar-refractivity contribution >= 4 is 53.1 Å². The topological polar surface area (TPSA) is 131 Å². The number of aromatic nitrogens is 5. The van der Waals surface area contributed by atoms with Gasteiger partial charge in [-0.25, -0.2) is 0 Å². The van der Waals surface area contributed by atoms with Gasteiger partial charge < -0.3 is 8.97 Å². The molecule has 18 rings (SSSR count). The molecule has 14 aromatic carbocycles. The van der Waals surface area contributed by atoms with Crippen LogP contribution in [0.15, 0.2) is 358 Å². The van der Waals surface area contributed by atoms with Crippen LogP contribution in [0.3, 0.4) is 0 Å². The first-order chi connectivity index (χ1) is 60.6. The van der Waals surface area contributed by atoms with Crippen molar-refractivity contribution < 1.29 is 100 Å². The van der Waals surface area contributed by atoms with E-state index in [1.54, 1.807) is 6.07 Å². The van der Waals surface area contributed by atoms with Crippen LogP contribution in [-0.4, -0.2) is 23.9 Å². The van der Waals surface area contributed by atoms with E-state index in [2.05, 4.69) is 241 Å². The SMILES string of the molecule is Cc1cc(-c2ccccc2)cc(C)c1O[PH+](Oc1[c-]c(-c2nccn2-c2c(C(C)C)cccc2C(C)C)ccc1)Oc1c(C)cc(-c2ccccc2)cc1C.Cc1cccc(C)c1-c1cnc2c3[c-]c(O[PH+](Oc4ccccc4)Oc4ccccc4)ccc3c3ccccc3n12.[Os+].[Os+].[Os+].[c-]1ccccc1-c1cccc(O[PH+](Oc2ccccc2)Oc2ccccc2)n1. The predicted octanol–water partition coefficient (Wildman–Crippen LogP) is 28.9. The van der Waals surface area contributed by atoms with E-state index in [1.807, 2.05) is 213 Å². The Kier molecular flexibility index (Phi) is 32.1. The van der Waals surface area contributed by atoms with Gasteiger partial charge in [-0.05, 0) is 210 Å². The van der Waals surface area contributed by atoms with Crippen LogP contribution in [-0.2, 0) is 59.4 Å². The van der Waals surface area contributed by atoms with Crippen LogP contribution in [0.2, 0.25) is 0 Å². The molecule has 3 radical (unpaired) electrons. The van der Waals surface area contributed by atoms with Crippen LogP contribution in [0.1, 0.15) is 84.0 Å². The van der Waals surface area contributed by atoms with Crippen LogP contribution in [0.25, 0.3) is 89.2 Å². The molecule has 0 saturated carbocycles. The second kappa shape index (κ2) is 44.0. The van der Waals surface area contributed by atoms with E-state index >= 15 is 0 Å². The first-order valence-electron chi connectivity index (χ1n) is 41.3. The van der Waals surface area contributed by atoms with Gasteiger partial charge in [0, 0.05) is 41.4 Å². The summed E-state index contributed by atoms with van der Waals surface area (Å²) in [6.07, 6.45) is 5.86. The van der Waals surface area contributed by atoms with Crippen molar-refractivity contribution in [3.63, 3.8) is 0 Å². The summed E-state index contributed by atoms with van der Waals surface area (Å²) in [7, 11) is -6.93. The predicted molar refractivity (Wildman–Crippen MR) is 508 cm³/mol. The van der Waals surface area contributed by atoms with Gasteiger partial charge >= 0.3 is 85.2 Å². The molecule has 0 unspecified atom stereocenters. The van der Waals surface area contributed by atoms with Gasteiger partial charge in [0.15, 0.2) is 34.5 Å². The molecular formula is C107H94N5O9Os3P3+3. The molecule has 0 fully saturated rings. The van der Waals surface area contributed by atoms with Crippen LogP contribution in [0.4, 0.5) is 0 Å². The maximum Gasteiger partial charge on any atom is 1.00 e. The Balaban J connectivity index is 0.000000169. The number of benzene rings is 14. The summed E-state index contributed by atoms with van der Waals surface area (Å²) >= 11 is 0. The fourth-order valence-electron chi connectivity index (χ4n) is 15.1. The number of hydrogen-bond acceptors (Lipinski definition) is 12. The molecule has 637 valence electrons. The molecule has 0 aliphatic heterocycles. The minimum atomic E-state index is -2.48. The van der Waals surface area contributed by atoms with Crippen molar-refractivity contribution in [2.24, 2.45) is 0 Å². The Labute approximate surface area is 786 Å². The second-order valence-corrected chi connectivity index (χ2v) is 33.8. The fourth-order valence-corrected chi connectivity index (χ4v) is 18.6. The van der Waals surface area contributed by atoms with Gasteiger partial charge in [0.2, 0.25) is 0 Å². The molecule has 0 bridgehead atoms. The number of fused-ring (bicyclic) bond motifs is 6. The smallest absolute Gasteiger partial charge is 0.340 e. The molecule has 0 saturated heterocycles. The number of para-hydroxylation sites is 6. The van der Waals surface area contributed by atoms with Gasteiger partial charge in [0.1, 0.15) is 11.5 Å². The van der Waals surface area contributed by atoms with Crippen LogP contribution >= 0.6 is 25.8 Å². The summed E-state index contributed by atoms with van der Waals surface area (Å²) in [6, 6.07) is 122. The normalized spacial score (nSPS) is 10.9. The monoisotopic (exact) mass is 2260 g/mol.